The van der Waals surface area contributed by atoms with Crippen molar-refractivity contribution in [2.24, 2.45) is 5.41 Å². The maximum atomic E-state index is 11.3. The van der Waals surface area contributed by atoms with Crippen molar-refractivity contribution >= 4 is 17.6 Å². The molecule has 0 aliphatic carbocycles. The normalized spacial score (nSPS) is 11.5. The number of hydrogen-bond donors (Lipinski definition) is 1. The maximum absolute atomic E-state index is 11.3. The van der Waals surface area contributed by atoms with E-state index in [4.69, 9.17) is 16.7 Å². The molecular formula is C20H20ClN3O2. The highest BCUT2D eigenvalue weighted by Gasteiger charge is 2.27. The molecule has 0 aliphatic heterocycles. The second-order valence-electron chi connectivity index (χ2n) is 6.84. The summed E-state index contributed by atoms with van der Waals surface area (Å²) in [6.45, 7) is 3.97. The predicted octanol–water partition coefficient (Wildman–Crippen LogP) is 4.77. The molecule has 3 rings (SSSR count). The van der Waals surface area contributed by atoms with Crippen LogP contribution in [0.4, 0.5) is 0 Å². The number of carboxylic acid groups (broad SMARTS) is 1. The Morgan fingerprint density at radius 1 is 1.12 bits per heavy atom. The van der Waals surface area contributed by atoms with Crippen LogP contribution in [0.15, 0.2) is 55.0 Å². The van der Waals surface area contributed by atoms with Gasteiger partial charge in [0.25, 0.3) is 0 Å². The van der Waals surface area contributed by atoms with Crippen LogP contribution in [-0.4, -0.2) is 25.8 Å². The molecule has 0 saturated carbocycles. The standard InChI is InChI=1S/C20H20ClN3O2/c1-20(2,19(25)26)9-12-24-13-17(14-7-10-22-11-8-14)18(23-24)15-3-5-16(21)6-4-15/h3-8,10-11,13H,9,12H2,1-2H3,(H,25,26). The molecule has 26 heavy (non-hydrogen) atoms. The highest BCUT2D eigenvalue weighted by atomic mass is 35.5. The number of halogens is 1. The number of carbonyl (C=O) groups is 1. The molecule has 0 amide bonds. The number of aryl methyl sites for hydroxylation is 1. The molecular weight excluding hydrogens is 350 g/mol. The first-order valence-electron chi connectivity index (χ1n) is 8.34. The lowest BCUT2D eigenvalue weighted by atomic mass is 9.90. The summed E-state index contributed by atoms with van der Waals surface area (Å²) in [5.74, 6) is -0.808. The molecule has 1 N–H and O–H groups in total. The van der Waals surface area contributed by atoms with Gasteiger partial charge in [-0.15, -0.1) is 0 Å². The summed E-state index contributed by atoms with van der Waals surface area (Å²) in [4.78, 5) is 15.4. The fourth-order valence-electron chi connectivity index (χ4n) is 2.60. The van der Waals surface area contributed by atoms with Gasteiger partial charge in [0.1, 0.15) is 5.69 Å². The van der Waals surface area contributed by atoms with Gasteiger partial charge in [-0.05, 0) is 50.1 Å². The number of aromatic nitrogens is 3. The lowest BCUT2D eigenvalue weighted by molar-refractivity contribution is -0.147. The van der Waals surface area contributed by atoms with Crippen LogP contribution < -0.4 is 0 Å². The van der Waals surface area contributed by atoms with E-state index in [1.165, 1.54) is 0 Å². The molecule has 2 aromatic heterocycles. The molecule has 134 valence electrons. The van der Waals surface area contributed by atoms with E-state index in [1.807, 2.05) is 47.3 Å². The largest absolute Gasteiger partial charge is 0.481 e. The van der Waals surface area contributed by atoms with Crippen LogP contribution in [-0.2, 0) is 11.3 Å². The van der Waals surface area contributed by atoms with Gasteiger partial charge in [0.15, 0.2) is 0 Å². The first-order valence-corrected chi connectivity index (χ1v) is 8.72. The Hall–Kier alpha value is -2.66. The number of rotatable bonds is 6. The smallest absolute Gasteiger partial charge is 0.309 e. The molecule has 2 heterocycles. The van der Waals surface area contributed by atoms with Crippen LogP contribution in [0.5, 0.6) is 0 Å². The zero-order chi connectivity index (χ0) is 18.7. The van der Waals surface area contributed by atoms with Crippen LogP contribution in [0.3, 0.4) is 0 Å². The lowest BCUT2D eigenvalue weighted by Gasteiger charge is -2.18. The minimum absolute atomic E-state index is 0.486. The van der Waals surface area contributed by atoms with Crippen LogP contribution in [0, 0.1) is 5.41 Å². The Balaban J connectivity index is 1.98. The van der Waals surface area contributed by atoms with Crippen LogP contribution in [0.2, 0.25) is 5.02 Å². The van der Waals surface area contributed by atoms with Crippen molar-refractivity contribution in [1.82, 2.24) is 14.8 Å². The van der Waals surface area contributed by atoms with Gasteiger partial charge in [0.05, 0.1) is 5.41 Å². The Morgan fingerprint density at radius 3 is 2.38 bits per heavy atom. The highest BCUT2D eigenvalue weighted by Crippen LogP contribution is 2.32. The van der Waals surface area contributed by atoms with Gasteiger partial charge in [0.2, 0.25) is 0 Å². The first-order chi connectivity index (χ1) is 12.4. The number of pyridine rings is 1. The Kier molecular flexibility index (Phi) is 5.09. The van der Waals surface area contributed by atoms with Crippen LogP contribution >= 0.6 is 11.6 Å². The third-order valence-electron chi connectivity index (χ3n) is 4.42. The van der Waals surface area contributed by atoms with Gasteiger partial charge >= 0.3 is 5.97 Å². The number of hydrogen-bond acceptors (Lipinski definition) is 3. The molecule has 1 aromatic carbocycles. The molecule has 0 aliphatic rings. The van der Waals surface area contributed by atoms with Crippen molar-refractivity contribution in [3.63, 3.8) is 0 Å². The van der Waals surface area contributed by atoms with E-state index < -0.39 is 11.4 Å². The van der Waals surface area contributed by atoms with Crippen LogP contribution in [0.25, 0.3) is 22.4 Å². The molecule has 3 aromatic rings. The van der Waals surface area contributed by atoms with Crippen molar-refractivity contribution in [3.05, 3.63) is 60.0 Å². The quantitative estimate of drug-likeness (QED) is 0.679. The third kappa shape index (κ3) is 3.94. The first kappa shape index (κ1) is 18.1. The van der Waals surface area contributed by atoms with Crippen molar-refractivity contribution < 1.29 is 9.90 Å². The predicted molar refractivity (Wildman–Crippen MR) is 102 cm³/mol. The van der Waals surface area contributed by atoms with Gasteiger partial charge < -0.3 is 5.11 Å². The van der Waals surface area contributed by atoms with E-state index in [1.54, 1.807) is 26.2 Å². The fourth-order valence-corrected chi connectivity index (χ4v) is 2.73. The summed E-state index contributed by atoms with van der Waals surface area (Å²) in [6, 6.07) is 11.4. The number of aliphatic carboxylic acids is 1. The van der Waals surface area contributed by atoms with E-state index >= 15 is 0 Å². The Bertz CT molecular complexity index is 903. The Labute approximate surface area is 157 Å². The molecule has 0 fully saturated rings. The number of nitrogens with zero attached hydrogens (tertiary/aromatic N) is 3. The van der Waals surface area contributed by atoms with Gasteiger partial charge in [0, 0.05) is 41.3 Å². The summed E-state index contributed by atoms with van der Waals surface area (Å²) >= 11 is 6.00. The summed E-state index contributed by atoms with van der Waals surface area (Å²) in [6.07, 6.45) is 5.93. The summed E-state index contributed by atoms with van der Waals surface area (Å²) in [5.41, 5.74) is 2.97. The van der Waals surface area contributed by atoms with Crippen LogP contribution in [0.1, 0.15) is 20.3 Å². The van der Waals surface area contributed by atoms with Crippen molar-refractivity contribution in [3.8, 4) is 22.4 Å². The molecule has 0 saturated heterocycles. The minimum atomic E-state index is -0.808. The van der Waals surface area contributed by atoms with E-state index in [0.717, 1.165) is 22.4 Å². The molecule has 0 atom stereocenters. The number of carboxylic acids is 1. The monoisotopic (exact) mass is 369 g/mol. The molecule has 0 spiro atoms. The second-order valence-corrected chi connectivity index (χ2v) is 7.27. The molecule has 0 radical (unpaired) electrons. The molecule has 6 heteroatoms. The van der Waals surface area contributed by atoms with Crippen molar-refractivity contribution in [2.45, 2.75) is 26.8 Å². The summed E-state index contributed by atoms with van der Waals surface area (Å²) < 4.78 is 1.81. The topological polar surface area (TPSA) is 68.0 Å². The van der Waals surface area contributed by atoms with E-state index in [0.29, 0.717) is 18.0 Å². The SMILES string of the molecule is CC(C)(CCn1cc(-c2ccncc2)c(-c2ccc(Cl)cc2)n1)C(=O)O. The third-order valence-corrected chi connectivity index (χ3v) is 4.67. The number of benzene rings is 1. The minimum Gasteiger partial charge on any atom is -0.481 e. The van der Waals surface area contributed by atoms with E-state index in [2.05, 4.69) is 4.98 Å². The van der Waals surface area contributed by atoms with Crippen molar-refractivity contribution in [1.29, 1.82) is 0 Å². The van der Waals surface area contributed by atoms with E-state index in [9.17, 15) is 9.90 Å². The summed E-state index contributed by atoms with van der Waals surface area (Å²) in [7, 11) is 0. The molecule has 0 bridgehead atoms. The van der Waals surface area contributed by atoms with Gasteiger partial charge in [-0.25, -0.2) is 0 Å². The zero-order valence-corrected chi connectivity index (χ0v) is 15.4. The van der Waals surface area contributed by atoms with Gasteiger partial charge in [-0.2, -0.15) is 5.10 Å². The van der Waals surface area contributed by atoms with Gasteiger partial charge in [-0.1, -0.05) is 23.7 Å². The maximum Gasteiger partial charge on any atom is 0.309 e. The average Bonchev–Trinajstić information content (AvgIpc) is 3.06. The second kappa shape index (κ2) is 7.30. The average molecular weight is 370 g/mol. The summed E-state index contributed by atoms with van der Waals surface area (Å²) in [5, 5.41) is 14.7. The molecule has 5 nitrogen and oxygen atoms in total. The molecule has 0 unspecified atom stereocenters. The Morgan fingerprint density at radius 2 is 1.77 bits per heavy atom. The fraction of sp³-hybridized carbons (Fsp3) is 0.250. The zero-order valence-electron chi connectivity index (χ0n) is 14.7. The highest BCUT2D eigenvalue weighted by molar-refractivity contribution is 6.30. The van der Waals surface area contributed by atoms with Crippen molar-refractivity contribution in [2.75, 3.05) is 0 Å². The lowest BCUT2D eigenvalue weighted by Crippen LogP contribution is -2.25. The van der Waals surface area contributed by atoms with E-state index in [-0.39, 0.29) is 0 Å². The van der Waals surface area contributed by atoms with Gasteiger partial charge in [-0.3, -0.25) is 14.5 Å².